The lowest BCUT2D eigenvalue weighted by atomic mass is 10.2. The average Bonchev–Trinajstić information content (AvgIpc) is 3.14. The molecule has 0 unspecified atom stereocenters. The lowest BCUT2D eigenvalue weighted by Crippen LogP contribution is -2.05. The van der Waals surface area contributed by atoms with Gasteiger partial charge in [0.15, 0.2) is 5.70 Å². The van der Waals surface area contributed by atoms with Gasteiger partial charge in [-0.2, -0.15) is 0 Å². The number of esters is 1. The molecular formula is C25H29NO4. The van der Waals surface area contributed by atoms with Crippen molar-refractivity contribution in [3.63, 3.8) is 0 Å². The van der Waals surface area contributed by atoms with Crippen molar-refractivity contribution in [2.45, 2.75) is 46.0 Å². The van der Waals surface area contributed by atoms with Crippen molar-refractivity contribution in [3.8, 4) is 11.5 Å². The monoisotopic (exact) mass is 407 g/mol. The van der Waals surface area contributed by atoms with Crippen LogP contribution in [0.4, 0.5) is 0 Å². The molecule has 0 saturated heterocycles. The van der Waals surface area contributed by atoms with E-state index in [1.807, 2.05) is 48.5 Å². The van der Waals surface area contributed by atoms with Gasteiger partial charge in [0, 0.05) is 5.56 Å². The summed E-state index contributed by atoms with van der Waals surface area (Å²) in [6.45, 7) is 5.65. The molecule has 0 amide bonds. The molecule has 158 valence electrons. The van der Waals surface area contributed by atoms with Crippen molar-refractivity contribution in [1.82, 2.24) is 0 Å². The van der Waals surface area contributed by atoms with E-state index in [0.717, 1.165) is 42.1 Å². The van der Waals surface area contributed by atoms with Crippen LogP contribution in [0.3, 0.4) is 0 Å². The maximum atomic E-state index is 12.2. The third-order valence-corrected chi connectivity index (χ3v) is 4.64. The fourth-order valence-electron chi connectivity index (χ4n) is 2.98. The largest absolute Gasteiger partial charge is 0.494 e. The molecule has 2 aromatic carbocycles. The number of hydrogen-bond acceptors (Lipinski definition) is 5. The topological polar surface area (TPSA) is 57.1 Å². The van der Waals surface area contributed by atoms with Crippen LogP contribution in [-0.4, -0.2) is 25.1 Å². The van der Waals surface area contributed by atoms with Crippen molar-refractivity contribution >= 4 is 17.9 Å². The number of benzene rings is 2. The third-order valence-electron chi connectivity index (χ3n) is 4.64. The van der Waals surface area contributed by atoms with Crippen molar-refractivity contribution in [1.29, 1.82) is 0 Å². The zero-order valence-electron chi connectivity index (χ0n) is 17.7. The molecule has 3 rings (SSSR count). The SMILES string of the molecule is CCCCCCOc1ccc(/C=C2\N=C(c3ccc(OCCC)cc3)OC2=O)cc1. The van der Waals surface area contributed by atoms with E-state index < -0.39 is 5.97 Å². The quantitative estimate of drug-likeness (QED) is 0.269. The highest BCUT2D eigenvalue weighted by Gasteiger charge is 2.24. The lowest BCUT2D eigenvalue weighted by Gasteiger charge is -2.06. The van der Waals surface area contributed by atoms with Gasteiger partial charge in [0.1, 0.15) is 11.5 Å². The number of aliphatic imine (C=N–C) groups is 1. The van der Waals surface area contributed by atoms with Crippen LogP contribution in [0.5, 0.6) is 11.5 Å². The Morgan fingerprint density at radius 3 is 2.17 bits per heavy atom. The fraction of sp³-hybridized carbons (Fsp3) is 0.360. The van der Waals surface area contributed by atoms with Gasteiger partial charge in [-0.15, -0.1) is 0 Å². The van der Waals surface area contributed by atoms with Crippen molar-refractivity contribution in [3.05, 3.63) is 65.4 Å². The number of carbonyl (C=O) groups is 1. The molecule has 0 fully saturated rings. The van der Waals surface area contributed by atoms with Gasteiger partial charge in [-0.3, -0.25) is 0 Å². The Balaban J connectivity index is 1.61. The number of unbranched alkanes of at least 4 members (excludes halogenated alkanes) is 3. The predicted octanol–water partition coefficient (Wildman–Crippen LogP) is 5.78. The van der Waals surface area contributed by atoms with Gasteiger partial charge in [-0.05, 0) is 60.9 Å². The van der Waals surface area contributed by atoms with Crippen LogP contribution >= 0.6 is 0 Å². The number of hydrogen-bond donors (Lipinski definition) is 0. The van der Waals surface area contributed by atoms with Gasteiger partial charge >= 0.3 is 5.97 Å². The van der Waals surface area contributed by atoms with E-state index in [0.29, 0.717) is 12.5 Å². The van der Waals surface area contributed by atoms with E-state index in [-0.39, 0.29) is 5.70 Å². The summed E-state index contributed by atoms with van der Waals surface area (Å²) >= 11 is 0. The summed E-state index contributed by atoms with van der Waals surface area (Å²) in [6, 6.07) is 15.0. The molecule has 0 atom stereocenters. The van der Waals surface area contributed by atoms with Crippen molar-refractivity contribution < 1.29 is 19.0 Å². The summed E-state index contributed by atoms with van der Waals surface area (Å²) in [7, 11) is 0. The van der Waals surface area contributed by atoms with Crippen LogP contribution < -0.4 is 9.47 Å². The second kappa shape index (κ2) is 11.2. The molecule has 1 aliphatic heterocycles. The second-order valence-electron chi connectivity index (χ2n) is 7.19. The minimum Gasteiger partial charge on any atom is -0.494 e. The van der Waals surface area contributed by atoms with Crippen LogP contribution in [-0.2, 0) is 9.53 Å². The zero-order chi connectivity index (χ0) is 21.2. The molecule has 0 saturated carbocycles. The summed E-state index contributed by atoms with van der Waals surface area (Å²) in [6.07, 6.45) is 7.39. The zero-order valence-corrected chi connectivity index (χ0v) is 17.7. The van der Waals surface area contributed by atoms with Crippen molar-refractivity contribution in [2.24, 2.45) is 4.99 Å². The Bertz CT molecular complexity index is 882. The Morgan fingerprint density at radius 1 is 0.833 bits per heavy atom. The number of carbonyl (C=O) groups excluding carboxylic acids is 1. The van der Waals surface area contributed by atoms with E-state index >= 15 is 0 Å². The maximum Gasteiger partial charge on any atom is 0.363 e. The van der Waals surface area contributed by atoms with E-state index in [2.05, 4.69) is 18.8 Å². The number of ether oxygens (including phenoxy) is 3. The molecule has 30 heavy (non-hydrogen) atoms. The third kappa shape index (κ3) is 6.21. The van der Waals surface area contributed by atoms with Crippen LogP contribution in [0.2, 0.25) is 0 Å². The molecule has 0 spiro atoms. The maximum absolute atomic E-state index is 12.2. The van der Waals surface area contributed by atoms with Crippen LogP contribution in [0.15, 0.2) is 59.2 Å². The fourth-order valence-corrected chi connectivity index (χ4v) is 2.98. The molecule has 1 aliphatic rings. The minimum atomic E-state index is -0.451. The van der Waals surface area contributed by atoms with Crippen LogP contribution in [0, 0.1) is 0 Å². The van der Waals surface area contributed by atoms with Gasteiger partial charge < -0.3 is 14.2 Å². The number of cyclic esters (lactones) is 1. The Morgan fingerprint density at radius 2 is 1.50 bits per heavy atom. The molecule has 5 heteroatoms. The van der Waals surface area contributed by atoms with Crippen LogP contribution in [0.1, 0.15) is 57.1 Å². The molecule has 0 bridgehead atoms. The van der Waals surface area contributed by atoms with Gasteiger partial charge in [-0.1, -0.05) is 45.2 Å². The highest BCUT2D eigenvalue weighted by Crippen LogP contribution is 2.22. The highest BCUT2D eigenvalue weighted by atomic mass is 16.6. The molecular weight excluding hydrogens is 378 g/mol. The predicted molar refractivity (Wildman–Crippen MR) is 119 cm³/mol. The summed E-state index contributed by atoms with van der Waals surface area (Å²) < 4.78 is 16.7. The number of rotatable bonds is 11. The second-order valence-corrected chi connectivity index (χ2v) is 7.19. The van der Waals surface area contributed by atoms with Gasteiger partial charge in [0.05, 0.1) is 13.2 Å². The van der Waals surface area contributed by atoms with E-state index in [1.54, 1.807) is 6.08 Å². The smallest absolute Gasteiger partial charge is 0.363 e. The van der Waals surface area contributed by atoms with E-state index in [1.165, 1.54) is 19.3 Å². The Labute approximate surface area is 178 Å². The molecule has 1 heterocycles. The first-order chi connectivity index (χ1) is 14.7. The molecule has 0 aliphatic carbocycles. The first-order valence-corrected chi connectivity index (χ1v) is 10.7. The molecule has 0 N–H and O–H groups in total. The Hall–Kier alpha value is -3.08. The number of nitrogens with zero attached hydrogens (tertiary/aromatic N) is 1. The van der Waals surface area contributed by atoms with Gasteiger partial charge in [0.25, 0.3) is 0 Å². The van der Waals surface area contributed by atoms with Gasteiger partial charge in [-0.25, -0.2) is 9.79 Å². The molecule has 2 aromatic rings. The van der Waals surface area contributed by atoms with E-state index in [9.17, 15) is 4.79 Å². The van der Waals surface area contributed by atoms with E-state index in [4.69, 9.17) is 14.2 Å². The van der Waals surface area contributed by atoms with Crippen molar-refractivity contribution in [2.75, 3.05) is 13.2 Å². The first-order valence-electron chi connectivity index (χ1n) is 10.7. The Kier molecular flexibility index (Phi) is 8.07. The molecule has 0 radical (unpaired) electrons. The minimum absolute atomic E-state index is 0.282. The highest BCUT2D eigenvalue weighted by molar-refractivity contribution is 6.12. The summed E-state index contributed by atoms with van der Waals surface area (Å²) in [5.74, 6) is 1.47. The molecule has 5 nitrogen and oxygen atoms in total. The van der Waals surface area contributed by atoms with Gasteiger partial charge in [0.2, 0.25) is 5.90 Å². The normalized spacial score (nSPS) is 14.5. The summed E-state index contributed by atoms with van der Waals surface area (Å²) in [5, 5.41) is 0. The summed E-state index contributed by atoms with van der Waals surface area (Å²) in [5.41, 5.74) is 1.89. The average molecular weight is 408 g/mol. The van der Waals surface area contributed by atoms with Crippen LogP contribution in [0.25, 0.3) is 6.08 Å². The standard InChI is InChI=1S/C25H29NO4/c1-3-5-6-7-17-29-21-12-8-19(9-13-21)18-23-25(27)30-24(26-23)20-10-14-22(15-11-20)28-16-4-2/h8-15,18H,3-7,16-17H2,1-2H3/b23-18-. The summed E-state index contributed by atoms with van der Waals surface area (Å²) in [4.78, 5) is 16.6. The molecule has 0 aromatic heterocycles. The first kappa shape index (κ1) is 21.6. The lowest BCUT2D eigenvalue weighted by molar-refractivity contribution is -0.129.